The second-order valence-corrected chi connectivity index (χ2v) is 6.83. The molecule has 8 heteroatoms. The van der Waals surface area contributed by atoms with Crippen molar-refractivity contribution in [2.45, 2.75) is 0 Å². The quantitative estimate of drug-likeness (QED) is 0.656. The monoisotopic (exact) mass is 335 g/mol. The molecule has 1 amide bonds. The first kappa shape index (κ1) is 16.9. The Hall–Kier alpha value is -2.45. The number of sulfonamides is 1. The van der Waals surface area contributed by atoms with Gasteiger partial charge in [-0.15, -0.1) is 0 Å². The molecular formula is C15H17N3O4S. The van der Waals surface area contributed by atoms with Crippen LogP contribution < -0.4 is 15.6 Å². The zero-order chi connectivity index (χ0) is 16.9. The molecule has 0 spiro atoms. The fraction of sp³-hybridized carbons (Fsp3) is 0.200. The SMILES string of the molecule is CNS(=O)(=O)CCNC(=O)/C=C/c1cc2ccccc2[nH]c1=O. The smallest absolute Gasteiger partial charge is 0.255 e. The van der Waals surface area contributed by atoms with Gasteiger partial charge >= 0.3 is 0 Å². The highest BCUT2D eigenvalue weighted by atomic mass is 32.2. The highest BCUT2D eigenvalue weighted by Gasteiger charge is 2.06. The molecule has 0 aliphatic carbocycles. The van der Waals surface area contributed by atoms with Crippen LogP contribution in [0, 0.1) is 0 Å². The van der Waals surface area contributed by atoms with Crippen LogP contribution in [0.1, 0.15) is 5.56 Å². The number of nitrogens with one attached hydrogen (secondary N) is 3. The summed E-state index contributed by atoms with van der Waals surface area (Å²) in [6.45, 7) is -0.0135. The van der Waals surface area contributed by atoms with Crippen LogP contribution in [0.3, 0.4) is 0 Å². The van der Waals surface area contributed by atoms with Crippen molar-refractivity contribution in [3.05, 3.63) is 52.3 Å². The molecule has 122 valence electrons. The van der Waals surface area contributed by atoms with E-state index in [4.69, 9.17) is 0 Å². The van der Waals surface area contributed by atoms with E-state index in [2.05, 4.69) is 15.0 Å². The Kier molecular flexibility index (Phi) is 5.30. The van der Waals surface area contributed by atoms with Gasteiger partial charge in [-0.25, -0.2) is 13.1 Å². The predicted molar refractivity (Wildman–Crippen MR) is 89.5 cm³/mol. The summed E-state index contributed by atoms with van der Waals surface area (Å²) in [6.07, 6.45) is 2.60. The van der Waals surface area contributed by atoms with Crippen LogP contribution in [0.4, 0.5) is 0 Å². The van der Waals surface area contributed by atoms with E-state index in [1.165, 1.54) is 19.2 Å². The van der Waals surface area contributed by atoms with Gasteiger partial charge in [-0.3, -0.25) is 9.59 Å². The molecule has 7 nitrogen and oxygen atoms in total. The van der Waals surface area contributed by atoms with Crippen molar-refractivity contribution in [3.8, 4) is 0 Å². The van der Waals surface area contributed by atoms with Crippen LogP contribution in [0.15, 0.2) is 41.2 Å². The second kappa shape index (κ2) is 7.21. The van der Waals surface area contributed by atoms with Crippen LogP contribution in [0.2, 0.25) is 0 Å². The molecule has 0 saturated carbocycles. The van der Waals surface area contributed by atoms with Crippen molar-refractivity contribution in [1.82, 2.24) is 15.0 Å². The topological polar surface area (TPSA) is 108 Å². The molecule has 0 bridgehead atoms. The number of para-hydroxylation sites is 1. The van der Waals surface area contributed by atoms with Crippen LogP contribution in [-0.2, 0) is 14.8 Å². The maximum atomic E-state index is 11.9. The molecule has 1 aromatic carbocycles. The second-order valence-electron chi connectivity index (χ2n) is 4.79. The van der Waals surface area contributed by atoms with Gasteiger partial charge in [0.1, 0.15) is 0 Å². The normalized spacial score (nSPS) is 11.9. The summed E-state index contributed by atoms with van der Waals surface area (Å²) in [6, 6.07) is 9.00. The molecule has 2 aromatic rings. The van der Waals surface area contributed by atoms with Crippen molar-refractivity contribution in [2.24, 2.45) is 0 Å². The number of amides is 1. The fourth-order valence-electron chi connectivity index (χ4n) is 1.92. The molecule has 1 aromatic heterocycles. The van der Waals surface area contributed by atoms with E-state index in [0.717, 1.165) is 10.9 Å². The number of carbonyl (C=O) groups excluding carboxylic acids is 1. The third-order valence-corrected chi connectivity index (χ3v) is 4.54. The van der Waals surface area contributed by atoms with Crippen molar-refractivity contribution >= 4 is 32.9 Å². The number of hydrogen-bond acceptors (Lipinski definition) is 4. The Balaban J connectivity index is 2.04. The Bertz CT molecular complexity index is 900. The van der Waals surface area contributed by atoms with Gasteiger partial charge in [-0.1, -0.05) is 18.2 Å². The van der Waals surface area contributed by atoms with Crippen LogP contribution in [0.25, 0.3) is 17.0 Å². The molecule has 0 fully saturated rings. The average Bonchev–Trinajstić information content (AvgIpc) is 2.52. The largest absolute Gasteiger partial charge is 0.351 e. The van der Waals surface area contributed by atoms with Crippen molar-refractivity contribution < 1.29 is 13.2 Å². The lowest BCUT2D eigenvalue weighted by Gasteiger charge is -2.03. The molecule has 0 aliphatic rings. The molecule has 0 atom stereocenters. The lowest BCUT2D eigenvalue weighted by atomic mass is 10.1. The Morgan fingerprint density at radius 3 is 2.78 bits per heavy atom. The molecule has 23 heavy (non-hydrogen) atoms. The van der Waals surface area contributed by atoms with Gasteiger partial charge < -0.3 is 10.3 Å². The van der Waals surface area contributed by atoms with Crippen molar-refractivity contribution in [3.63, 3.8) is 0 Å². The lowest BCUT2D eigenvalue weighted by Crippen LogP contribution is -2.32. The average molecular weight is 335 g/mol. The molecule has 1 heterocycles. The zero-order valence-corrected chi connectivity index (χ0v) is 13.3. The first-order chi connectivity index (χ1) is 10.9. The van der Waals surface area contributed by atoms with E-state index >= 15 is 0 Å². The van der Waals surface area contributed by atoms with Gasteiger partial charge in [0.2, 0.25) is 15.9 Å². The number of benzene rings is 1. The molecule has 0 radical (unpaired) electrons. The van der Waals surface area contributed by atoms with E-state index in [1.807, 2.05) is 18.2 Å². The molecule has 0 aliphatic heterocycles. The van der Waals surface area contributed by atoms with Crippen molar-refractivity contribution in [1.29, 1.82) is 0 Å². The number of fused-ring (bicyclic) bond motifs is 1. The highest BCUT2D eigenvalue weighted by molar-refractivity contribution is 7.89. The van der Waals surface area contributed by atoms with Gasteiger partial charge in [-0.2, -0.15) is 0 Å². The highest BCUT2D eigenvalue weighted by Crippen LogP contribution is 2.10. The van der Waals surface area contributed by atoms with Gasteiger partial charge in [0.15, 0.2) is 0 Å². The van der Waals surface area contributed by atoms with Crippen LogP contribution >= 0.6 is 0 Å². The number of hydrogen-bond donors (Lipinski definition) is 3. The minimum absolute atomic E-state index is 0.0135. The van der Waals surface area contributed by atoms with E-state index in [-0.39, 0.29) is 17.9 Å². The number of rotatable bonds is 6. The number of aromatic amines is 1. The van der Waals surface area contributed by atoms with Gasteiger partial charge in [0, 0.05) is 23.7 Å². The van der Waals surface area contributed by atoms with Gasteiger partial charge in [0.05, 0.1) is 5.75 Å². The number of aromatic nitrogens is 1. The van der Waals surface area contributed by atoms with Crippen LogP contribution in [0.5, 0.6) is 0 Å². The summed E-state index contributed by atoms with van der Waals surface area (Å²) in [7, 11) is -2.05. The summed E-state index contributed by atoms with van der Waals surface area (Å²) >= 11 is 0. The maximum absolute atomic E-state index is 11.9. The molecule has 2 rings (SSSR count). The number of H-pyrrole nitrogens is 1. The summed E-state index contributed by atoms with van der Waals surface area (Å²) in [5.41, 5.74) is 0.767. The van der Waals surface area contributed by atoms with E-state index in [1.54, 1.807) is 12.1 Å². The predicted octanol–water partition coefficient (Wildman–Crippen LogP) is 0.207. The van der Waals surface area contributed by atoms with E-state index in [9.17, 15) is 18.0 Å². The molecular weight excluding hydrogens is 318 g/mol. The molecule has 3 N–H and O–H groups in total. The number of carbonyl (C=O) groups is 1. The fourth-order valence-corrected chi connectivity index (χ4v) is 2.50. The molecule has 0 unspecified atom stereocenters. The Labute approximate surface area is 133 Å². The first-order valence-corrected chi connectivity index (χ1v) is 8.56. The summed E-state index contributed by atoms with van der Waals surface area (Å²) in [4.78, 5) is 26.3. The van der Waals surface area contributed by atoms with Crippen LogP contribution in [-0.4, -0.2) is 38.7 Å². The summed E-state index contributed by atoms with van der Waals surface area (Å²) in [5, 5.41) is 3.30. The number of pyridine rings is 1. The van der Waals surface area contributed by atoms with Crippen molar-refractivity contribution in [2.75, 3.05) is 19.3 Å². The van der Waals surface area contributed by atoms with Gasteiger partial charge in [0.25, 0.3) is 5.56 Å². The third-order valence-electron chi connectivity index (χ3n) is 3.18. The summed E-state index contributed by atoms with van der Waals surface area (Å²) in [5.74, 6) is -0.677. The minimum atomic E-state index is -3.36. The lowest BCUT2D eigenvalue weighted by molar-refractivity contribution is -0.116. The standard InChI is InChI=1S/C15H17N3O4S/c1-16-23(21,22)9-8-17-14(19)7-6-12-10-11-4-2-3-5-13(11)18-15(12)20/h2-7,10,16H,8-9H2,1H3,(H,17,19)(H,18,20)/b7-6+. The van der Waals surface area contributed by atoms with E-state index < -0.39 is 15.9 Å². The third kappa shape index (κ3) is 4.76. The Morgan fingerprint density at radius 1 is 1.30 bits per heavy atom. The maximum Gasteiger partial charge on any atom is 0.255 e. The Morgan fingerprint density at radius 2 is 2.04 bits per heavy atom. The first-order valence-electron chi connectivity index (χ1n) is 6.90. The molecule has 0 saturated heterocycles. The van der Waals surface area contributed by atoms with Gasteiger partial charge in [-0.05, 0) is 30.6 Å². The minimum Gasteiger partial charge on any atom is -0.351 e. The summed E-state index contributed by atoms with van der Waals surface area (Å²) < 4.78 is 24.6. The van der Waals surface area contributed by atoms with E-state index in [0.29, 0.717) is 5.56 Å². The zero-order valence-electron chi connectivity index (χ0n) is 12.5.